The smallest absolute Gasteiger partial charge is 0.147 e. The van der Waals surface area contributed by atoms with Gasteiger partial charge in [-0.25, -0.2) is 9.67 Å². The molecule has 2 atom stereocenters. The summed E-state index contributed by atoms with van der Waals surface area (Å²) in [6.45, 7) is 16.0. The molecule has 0 saturated heterocycles. The average molecular weight is 238 g/mol. The van der Waals surface area contributed by atoms with Gasteiger partial charge in [0.25, 0.3) is 0 Å². The van der Waals surface area contributed by atoms with E-state index in [4.69, 9.17) is 0 Å². The highest BCUT2D eigenvalue weighted by molar-refractivity contribution is 4.91. The van der Waals surface area contributed by atoms with Crippen LogP contribution >= 0.6 is 0 Å². The van der Waals surface area contributed by atoms with Crippen LogP contribution in [0.15, 0.2) is 0 Å². The van der Waals surface area contributed by atoms with Crippen LogP contribution in [0.3, 0.4) is 0 Å². The van der Waals surface area contributed by atoms with Gasteiger partial charge in [-0.1, -0.05) is 6.92 Å². The molecule has 1 heterocycles. The van der Waals surface area contributed by atoms with E-state index in [9.17, 15) is 0 Å². The quantitative estimate of drug-likeness (QED) is 0.876. The standard InChI is InChI=1S/C13H26N4/c1-9(8-14-13(5,6)7)10(2)17-12(4)15-11(3)16-17/h9-10,14H,8H2,1-7H3. The van der Waals surface area contributed by atoms with E-state index in [0.29, 0.717) is 12.0 Å². The van der Waals surface area contributed by atoms with E-state index in [2.05, 4.69) is 50.0 Å². The largest absolute Gasteiger partial charge is 0.312 e. The van der Waals surface area contributed by atoms with Gasteiger partial charge in [-0.05, 0) is 47.5 Å². The van der Waals surface area contributed by atoms with Crippen LogP contribution in [0.1, 0.15) is 52.3 Å². The number of nitrogens with zero attached hydrogens (tertiary/aromatic N) is 3. The van der Waals surface area contributed by atoms with Gasteiger partial charge in [-0.15, -0.1) is 0 Å². The Hall–Kier alpha value is -0.900. The van der Waals surface area contributed by atoms with Gasteiger partial charge in [0.1, 0.15) is 11.6 Å². The minimum Gasteiger partial charge on any atom is -0.312 e. The van der Waals surface area contributed by atoms with Crippen LogP contribution in [0.2, 0.25) is 0 Å². The second-order valence-electron chi connectivity index (χ2n) is 6.00. The van der Waals surface area contributed by atoms with Gasteiger partial charge < -0.3 is 5.32 Å². The van der Waals surface area contributed by atoms with Crippen LogP contribution in [0.5, 0.6) is 0 Å². The van der Waals surface area contributed by atoms with E-state index in [1.807, 2.05) is 18.5 Å². The monoisotopic (exact) mass is 238 g/mol. The van der Waals surface area contributed by atoms with Crippen molar-refractivity contribution in [1.29, 1.82) is 0 Å². The van der Waals surface area contributed by atoms with Gasteiger partial charge in [0.05, 0.1) is 6.04 Å². The fraction of sp³-hybridized carbons (Fsp3) is 0.846. The fourth-order valence-electron chi connectivity index (χ4n) is 1.80. The molecule has 4 nitrogen and oxygen atoms in total. The number of aryl methyl sites for hydroxylation is 2. The Morgan fingerprint density at radius 1 is 1.24 bits per heavy atom. The lowest BCUT2D eigenvalue weighted by Crippen LogP contribution is -2.40. The zero-order valence-electron chi connectivity index (χ0n) is 12.2. The fourth-order valence-corrected chi connectivity index (χ4v) is 1.80. The third-order valence-corrected chi connectivity index (χ3v) is 3.07. The van der Waals surface area contributed by atoms with Crippen molar-refractivity contribution >= 4 is 0 Å². The second-order valence-corrected chi connectivity index (χ2v) is 6.00. The molecule has 0 aliphatic heterocycles. The lowest BCUT2D eigenvalue weighted by atomic mass is 10.0. The van der Waals surface area contributed by atoms with Crippen LogP contribution < -0.4 is 5.32 Å². The third kappa shape index (κ3) is 4.11. The Balaban J connectivity index is 2.63. The van der Waals surface area contributed by atoms with E-state index < -0.39 is 0 Å². The second kappa shape index (κ2) is 5.17. The molecule has 17 heavy (non-hydrogen) atoms. The first-order chi connectivity index (χ1) is 7.70. The normalized spacial score (nSPS) is 15.9. The molecule has 2 unspecified atom stereocenters. The topological polar surface area (TPSA) is 42.7 Å². The molecule has 0 spiro atoms. The van der Waals surface area contributed by atoms with Crippen molar-refractivity contribution in [2.24, 2.45) is 5.92 Å². The summed E-state index contributed by atoms with van der Waals surface area (Å²) in [6, 6.07) is 0.367. The summed E-state index contributed by atoms with van der Waals surface area (Å²) in [4.78, 5) is 4.35. The molecule has 0 aliphatic carbocycles. The minimum absolute atomic E-state index is 0.168. The zero-order valence-corrected chi connectivity index (χ0v) is 12.2. The van der Waals surface area contributed by atoms with Crippen molar-refractivity contribution in [2.45, 2.75) is 60.0 Å². The summed E-state index contributed by atoms with van der Waals surface area (Å²) in [5.41, 5.74) is 0.168. The summed E-state index contributed by atoms with van der Waals surface area (Å²) in [5, 5.41) is 7.99. The Kier molecular flexibility index (Phi) is 4.31. The Morgan fingerprint density at radius 3 is 2.24 bits per heavy atom. The predicted molar refractivity (Wildman–Crippen MR) is 71.1 cm³/mol. The minimum atomic E-state index is 0.168. The molecule has 1 aromatic heterocycles. The molecule has 0 bridgehead atoms. The van der Waals surface area contributed by atoms with Gasteiger partial charge in [0, 0.05) is 12.1 Å². The lowest BCUT2D eigenvalue weighted by molar-refractivity contribution is 0.298. The van der Waals surface area contributed by atoms with Crippen molar-refractivity contribution in [1.82, 2.24) is 20.1 Å². The van der Waals surface area contributed by atoms with E-state index in [1.165, 1.54) is 0 Å². The maximum atomic E-state index is 4.45. The first-order valence-corrected chi connectivity index (χ1v) is 6.35. The molecule has 1 aromatic rings. The van der Waals surface area contributed by atoms with Gasteiger partial charge >= 0.3 is 0 Å². The molecule has 0 aromatic carbocycles. The van der Waals surface area contributed by atoms with Crippen LogP contribution in [-0.2, 0) is 0 Å². The molecule has 0 fully saturated rings. The van der Waals surface area contributed by atoms with Gasteiger partial charge in [-0.2, -0.15) is 5.10 Å². The van der Waals surface area contributed by atoms with Crippen LogP contribution in [-0.4, -0.2) is 26.8 Å². The summed E-state index contributed by atoms with van der Waals surface area (Å²) >= 11 is 0. The number of hydrogen-bond donors (Lipinski definition) is 1. The molecule has 1 N–H and O–H groups in total. The molecule has 0 amide bonds. The summed E-state index contributed by atoms with van der Waals surface area (Å²) in [5.74, 6) is 2.37. The first kappa shape index (κ1) is 14.2. The highest BCUT2D eigenvalue weighted by Crippen LogP contribution is 2.18. The van der Waals surface area contributed by atoms with E-state index >= 15 is 0 Å². The molecular weight excluding hydrogens is 212 g/mol. The van der Waals surface area contributed by atoms with Crippen molar-refractivity contribution in [3.63, 3.8) is 0 Å². The lowest BCUT2D eigenvalue weighted by Gasteiger charge is -2.27. The molecular formula is C13H26N4. The summed E-state index contributed by atoms with van der Waals surface area (Å²) < 4.78 is 2.03. The van der Waals surface area contributed by atoms with Gasteiger partial charge in [-0.3, -0.25) is 0 Å². The van der Waals surface area contributed by atoms with Crippen molar-refractivity contribution < 1.29 is 0 Å². The molecule has 1 rings (SSSR count). The highest BCUT2D eigenvalue weighted by Gasteiger charge is 2.19. The van der Waals surface area contributed by atoms with E-state index in [0.717, 1.165) is 18.2 Å². The van der Waals surface area contributed by atoms with Crippen molar-refractivity contribution in [2.75, 3.05) is 6.54 Å². The van der Waals surface area contributed by atoms with Crippen LogP contribution in [0.25, 0.3) is 0 Å². The first-order valence-electron chi connectivity index (χ1n) is 6.35. The molecule has 0 aliphatic rings. The maximum absolute atomic E-state index is 4.45. The number of nitrogens with one attached hydrogen (secondary N) is 1. The van der Waals surface area contributed by atoms with Crippen LogP contribution in [0, 0.1) is 19.8 Å². The van der Waals surface area contributed by atoms with Crippen molar-refractivity contribution in [3.8, 4) is 0 Å². The molecule has 0 radical (unpaired) electrons. The van der Waals surface area contributed by atoms with Crippen LogP contribution in [0.4, 0.5) is 0 Å². The Morgan fingerprint density at radius 2 is 1.82 bits per heavy atom. The number of hydrogen-bond acceptors (Lipinski definition) is 3. The highest BCUT2D eigenvalue weighted by atomic mass is 15.4. The van der Waals surface area contributed by atoms with Gasteiger partial charge in [0.2, 0.25) is 0 Å². The predicted octanol–water partition coefficient (Wildman–Crippen LogP) is 2.48. The van der Waals surface area contributed by atoms with E-state index in [1.54, 1.807) is 0 Å². The zero-order chi connectivity index (χ0) is 13.2. The number of rotatable bonds is 4. The average Bonchev–Trinajstić information content (AvgIpc) is 2.52. The summed E-state index contributed by atoms with van der Waals surface area (Å²) in [7, 11) is 0. The third-order valence-electron chi connectivity index (χ3n) is 3.07. The SMILES string of the molecule is Cc1nc(C)n(C(C)C(C)CNC(C)(C)C)n1. The maximum Gasteiger partial charge on any atom is 0.147 e. The van der Waals surface area contributed by atoms with Crippen molar-refractivity contribution in [3.05, 3.63) is 11.6 Å². The molecule has 0 saturated carbocycles. The molecule has 4 heteroatoms. The number of aromatic nitrogens is 3. The summed E-state index contributed by atoms with van der Waals surface area (Å²) in [6.07, 6.45) is 0. The Labute approximate surface area is 105 Å². The molecule has 98 valence electrons. The Bertz CT molecular complexity index is 362. The van der Waals surface area contributed by atoms with E-state index in [-0.39, 0.29) is 5.54 Å². The van der Waals surface area contributed by atoms with Gasteiger partial charge in [0.15, 0.2) is 0 Å².